The maximum atomic E-state index is 13.6. The first-order valence-electron chi connectivity index (χ1n) is 16.4. The van der Waals surface area contributed by atoms with E-state index in [9.17, 15) is 14.8 Å². The Bertz CT molecular complexity index is 629. The van der Waals surface area contributed by atoms with E-state index >= 15 is 0 Å². The van der Waals surface area contributed by atoms with E-state index in [0.29, 0.717) is 32.2 Å². The van der Waals surface area contributed by atoms with Gasteiger partial charge >= 0.3 is 0 Å². The van der Waals surface area contributed by atoms with E-state index in [0.717, 1.165) is 51.4 Å². The molecule has 2 amide bonds. The molecule has 0 aromatic carbocycles. The molecule has 3 fully saturated rings. The lowest BCUT2D eigenvalue weighted by Gasteiger charge is -2.57. The van der Waals surface area contributed by atoms with Gasteiger partial charge in [0.2, 0.25) is 0 Å². The summed E-state index contributed by atoms with van der Waals surface area (Å²) in [6.45, 7) is 2.82. The highest BCUT2D eigenvalue weighted by molar-refractivity contribution is 6.06. The SMILES string of the molecule is CCCCCCCCCCCCCCCCCCN1C(=O)C2(CCCCC2)N(O)C2(CCCCC2)C1=O. The predicted octanol–water partition coefficient (Wildman–Crippen LogP) is 8.71. The van der Waals surface area contributed by atoms with E-state index < -0.39 is 11.1 Å². The Hall–Kier alpha value is -0.940. The fourth-order valence-corrected chi connectivity index (χ4v) is 7.33. The third kappa shape index (κ3) is 8.03. The molecule has 0 aromatic rings. The fourth-order valence-electron chi connectivity index (χ4n) is 7.33. The lowest BCUT2D eigenvalue weighted by Crippen LogP contribution is -2.77. The number of unbranched alkanes of at least 4 members (excludes halogenated alkanes) is 15. The minimum Gasteiger partial charge on any atom is -0.312 e. The second-order valence-electron chi connectivity index (χ2n) is 12.6. The molecule has 5 nitrogen and oxygen atoms in total. The van der Waals surface area contributed by atoms with Crippen LogP contribution in [0, 0.1) is 0 Å². The van der Waals surface area contributed by atoms with Crippen molar-refractivity contribution >= 4 is 11.8 Å². The van der Waals surface area contributed by atoms with E-state index in [1.165, 1.54) is 95.0 Å². The van der Waals surface area contributed by atoms with Crippen molar-refractivity contribution in [3.8, 4) is 0 Å². The van der Waals surface area contributed by atoms with Crippen LogP contribution in [-0.2, 0) is 9.59 Å². The van der Waals surface area contributed by atoms with Crippen molar-refractivity contribution in [3.63, 3.8) is 0 Å². The van der Waals surface area contributed by atoms with Crippen LogP contribution >= 0.6 is 0 Å². The number of imide groups is 1. The van der Waals surface area contributed by atoms with E-state index in [4.69, 9.17) is 0 Å². The zero-order valence-electron chi connectivity index (χ0n) is 24.3. The summed E-state index contributed by atoms with van der Waals surface area (Å²) in [7, 11) is 0. The molecule has 37 heavy (non-hydrogen) atoms. The van der Waals surface area contributed by atoms with E-state index in [2.05, 4.69) is 6.92 Å². The number of piperazine rings is 1. The molecule has 1 heterocycles. The summed E-state index contributed by atoms with van der Waals surface area (Å²) >= 11 is 0. The smallest absolute Gasteiger partial charge is 0.252 e. The van der Waals surface area contributed by atoms with Gasteiger partial charge in [0, 0.05) is 6.54 Å². The summed E-state index contributed by atoms with van der Waals surface area (Å²) in [5, 5.41) is 12.7. The van der Waals surface area contributed by atoms with Gasteiger partial charge in [-0.15, -0.1) is 0 Å². The minimum absolute atomic E-state index is 0.114. The van der Waals surface area contributed by atoms with Gasteiger partial charge in [-0.2, -0.15) is 5.06 Å². The number of hydroxylamine groups is 2. The van der Waals surface area contributed by atoms with Crippen molar-refractivity contribution in [1.82, 2.24) is 9.96 Å². The predicted molar refractivity (Wildman–Crippen MR) is 152 cm³/mol. The van der Waals surface area contributed by atoms with Crippen LogP contribution in [0.4, 0.5) is 0 Å². The highest BCUT2D eigenvalue weighted by Crippen LogP contribution is 2.47. The zero-order valence-corrected chi connectivity index (χ0v) is 24.3. The lowest BCUT2D eigenvalue weighted by atomic mass is 9.70. The van der Waals surface area contributed by atoms with Crippen LogP contribution < -0.4 is 0 Å². The molecule has 2 spiro atoms. The van der Waals surface area contributed by atoms with Gasteiger partial charge in [-0.25, -0.2) is 0 Å². The molecular formula is C32H58N2O3. The van der Waals surface area contributed by atoms with Gasteiger partial charge in [0.1, 0.15) is 11.1 Å². The van der Waals surface area contributed by atoms with Crippen LogP contribution in [-0.4, -0.2) is 44.6 Å². The number of hydrogen-bond acceptors (Lipinski definition) is 4. The summed E-state index contributed by atoms with van der Waals surface area (Å²) < 4.78 is 0. The molecule has 0 aromatic heterocycles. The molecule has 0 bridgehead atoms. The molecule has 1 N–H and O–H groups in total. The van der Waals surface area contributed by atoms with Crippen molar-refractivity contribution in [2.75, 3.05) is 6.54 Å². The van der Waals surface area contributed by atoms with Gasteiger partial charge in [-0.3, -0.25) is 14.5 Å². The van der Waals surface area contributed by atoms with Gasteiger partial charge < -0.3 is 5.21 Å². The van der Waals surface area contributed by atoms with Crippen LogP contribution in [0.25, 0.3) is 0 Å². The summed E-state index contributed by atoms with van der Waals surface area (Å²) in [4.78, 5) is 28.9. The Kier molecular flexibility index (Phi) is 13.4. The molecule has 5 heteroatoms. The molecule has 0 atom stereocenters. The molecule has 1 aliphatic heterocycles. The molecule has 2 aliphatic carbocycles. The zero-order chi connectivity index (χ0) is 26.4. The van der Waals surface area contributed by atoms with Gasteiger partial charge in [-0.05, 0) is 32.1 Å². The van der Waals surface area contributed by atoms with Gasteiger partial charge in [0.05, 0.1) is 0 Å². The van der Waals surface area contributed by atoms with Crippen molar-refractivity contribution in [2.45, 2.75) is 185 Å². The first kappa shape index (κ1) is 30.6. The second kappa shape index (κ2) is 16.2. The van der Waals surface area contributed by atoms with Crippen LogP contribution in [0.1, 0.15) is 174 Å². The van der Waals surface area contributed by atoms with Gasteiger partial charge in [0.15, 0.2) is 0 Å². The fraction of sp³-hybridized carbons (Fsp3) is 0.938. The van der Waals surface area contributed by atoms with Crippen LogP contribution in [0.2, 0.25) is 0 Å². The summed E-state index contributed by atoms with van der Waals surface area (Å²) in [6, 6.07) is 0. The number of rotatable bonds is 17. The van der Waals surface area contributed by atoms with Gasteiger partial charge in [0.25, 0.3) is 11.8 Å². The minimum atomic E-state index is -0.863. The van der Waals surface area contributed by atoms with Gasteiger partial charge in [-0.1, -0.05) is 142 Å². The Balaban J connectivity index is 1.32. The number of nitrogens with zero attached hydrogens (tertiary/aromatic N) is 2. The first-order chi connectivity index (χ1) is 18.1. The molecule has 3 rings (SSSR count). The van der Waals surface area contributed by atoms with Crippen LogP contribution in [0.3, 0.4) is 0 Å². The largest absolute Gasteiger partial charge is 0.312 e. The van der Waals surface area contributed by atoms with Crippen LogP contribution in [0.5, 0.6) is 0 Å². The first-order valence-corrected chi connectivity index (χ1v) is 16.4. The summed E-state index contributed by atoms with van der Waals surface area (Å²) in [5.74, 6) is -0.228. The third-order valence-corrected chi connectivity index (χ3v) is 9.69. The normalized spacial score (nSPS) is 21.8. The molecule has 214 valence electrons. The summed E-state index contributed by atoms with van der Waals surface area (Å²) in [6.07, 6.45) is 29.9. The van der Waals surface area contributed by atoms with Crippen LogP contribution in [0.15, 0.2) is 0 Å². The van der Waals surface area contributed by atoms with Crippen molar-refractivity contribution in [3.05, 3.63) is 0 Å². The standard InChI is InChI=1S/C32H58N2O3/c1-2-3-4-5-6-7-8-9-10-11-12-13-14-15-16-23-28-33-29(35)31(24-19-17-20-25-31)34(37)32(30(33)36)26-21-18-22-27-32/h37H,2-28H2,1H3. The van der Waals surface area contributed by atoms with Crippen molar-refractivity contribution in [1.29, 1.82) is 0 Å². The van der Waals surface area contributed by atoms with Crippen molar-refractivity contribution < 1.29 is 14.8 Å². The Morgan fingerprint density at radius 2 is 0.865 bits per heavy atom. The number of carbonyl (C=O) groups is 2. The number of hydrogen-bond donors (Lipinski definition) is 1. The molecule has 2 saturated carbocycles. The van der Waals surface area contributed by atoms with E-state index in [1.807, 2.05) is 0 Å². The Morgan fingerprint density at radius 3 is 1.22 bits per heavy atom. The maximum absolute atomic E-state index is 13.6. The number of amides is 2. The second-order valence-corrected chi connectivity index (χ2v) is 12.6. The summed E-state index contributed by atoms with van der Waals surface area (Å²) in [5.41, 5.74) is -1.73. The third-order valence-electron chi connectivity index (χ3n) is 9.69. The van der Waals surface area contributed by atoms with E-state index in [-0.39, 0.29) is 11.8 Å². The monoisotopic (exact) mass is 518 g/mol. The molecule has 0 unspecified atom stereocenters. The Labute approximate surface area is 228 Å². The highest BCUT2D eigenvalue weighted by Gasteiger charge is 2.63. The molecule has 3 aliphatic rings. The maximum Gasteiger partial charge on any atom is 0.252 e. The number of carbonyl (C=O) groups excluding carboxylic acids is 2. The Morgan fingerprint density at radius 1 is 0.541 bits per heavy atom. The van der Waals surface area contributed by atoms with E-state index in [1.54, 1.807) is 4.90 Å². The molecular weight excluding hydrogens is 460 g/mol. The molecule has 1 saturated heterocycles. The topological polar surface area (TPSA) is 60.9 Å². The quantitative estimate of drug-likeness (QED) is 0.154. The molecule has 0 radical (unpaired) electrons. The van der Waals surface area contributed by atoms with Crippen molar-refractivity contribution in [2.24, 2.45) is 0 Å². The average molecular weight is 519 g/mol. The lowest BCUT2D eigenvalue weighted by molar-refractivity contribution is -0.267. The highest BCUT2D eigenvalue weighted by atomic mass is 16.5. The average Bonchev–Trinajstić information content (AvgIpc) is 2.94.